The fourth-order valence-corrected chi connectivity index (χ4v) is 3.63. The maximum atomic E-state index is 11.7. The number of anilines is 2. The van der Waals surface area contributed by atoms with Crippen LogP contribution in [-0.2, 0) is 4.79 Å². The topological polar surface area (TPSA) is 49.3 Å². The minimum absolute atomic E-state index is 0.465. The summed E-state index contributed by atoms with van der Waals surface area (Å²) in [6, 6.07) is 5.79. The van der Waals surface area contributed by atoms with Gasteiger partial charge < -0.3 is 9.80 Å². The fraction of sp³-hybridized carbons (Fsp3) is 0.421. The molecule has 6 heteroatoms. The van der Waals surface area contributed by atoms with Gasteiger partial charge in [-0.15, -0.1) is 0 Å². The first kappa shape index (κ1) is 17.7. The Kier molecular flexibility index (Phi) is 5.87. The molecule has 0 aromatic carbocycles. The van der Waals surface area contributed by atoms with E-state index < -0.39 is 0 Å². The zero-order chi connectivity index (χ0) is 17.6. The molecule has 1 aliphatic rings. The second-order valence-corrected chi connectivity index (χ2v) is 6.86. The SMILES string of the molecule is CN(CCN(C=O)c1cnccc1C1CCCC1)c1ccnc(Cl)c1. The fourth-order valence-electron chi connectivity index (χ4n) is 3.47. The highest BCUT2D eigenvalue weighted by Crippen LogP contribution is 2.38. The molecular formula is C19H23ClN4O. The summed E-state index contributed by atoms with van der Waals surface area (Å²) in [5.41, 5.74) is 3.16. The second kappa shape index (κ2) is 8.30. The molecule has 0 radical (unpaired) electrons. The third kappa shape index (κ3) is 4.28. The Balaban J connectivity index is 1.72. The Labute approximate surface area is 153 Å². The van der Waals surface area contributed by atoms with Crippen molar-refractivity contribution >= 4 is 29.4 Å². The molecule has 0 N–H and O–H groups in total. The Morgan fingerprint density at radius 3 is 2.76 bits per heavy atom. The zero-order valence-electron chi connectivity index (χ0n) is 14.4. The number of carbonyl (C=O) groups is 1. The summed E-state index contributed by atoms with van der Waals surface area (Å²) in [6.07, 6.45) is 11.1. The van der Waals surface area contributed by atoms with Gasteiger partial charge in [0.15, 0.2) is 0 Å². The minimum atomic E-state index is 0.465. The van der Waals surface area contributed by atoms with E-state index in [0.717, 1.165) is 17.8 Å². The van der Waals surface area contributed by atoms with Gasteiger partial charge in [0.2, 0.25) is 6.41 Å². The first-order valence-corrected chi connectivity index (χ1v) is 9.05. The van der Waals surface area contributed by atoms with Crippen LogP contribution in [0.25, 0.3) is 0 Å². The zero-order valence-corrected chi connectivity index (χ0v) is 15.2. The van der Waals surface area contributed by atoms with Crippen molar-refractivity contribution < 1.29 is 4.79 Å². The van der Waals surface area contributed by atoms with Gasteiger partial charge in [0.25, 0.3) is 0 Å². The van der Waals surface area contributed by atoms with Gasteiger partial charge in [-0.05, 0) is 42.5 Å². The van der Waals surface area contributed by atoms with Crippen LogP contribution in [0.1, 0.15) is 37.2 Å². The number of pyridine rings is 2. The van der Waals surface area contributed by atoms with Crippen LogP contribution in [0.2, 0.25) is 5.15 Å². The number of halogens is 1. The average molecular weight is 359 g/mol. The number of nitrogens with zero attached hydrogens (tertiary/aromatic N) is 4. The van der Waals surface area contributed by atoms with E-state index >= 15 is 0 Å². The molecule has 0 spiro atoms. The molecule has 132 valence electrons. The second-order valence-electron chi connectivity index (χ2n) is 6.47. The van der Waals surface area contributed by atoms with Crippen LogP contribution in [0.5, 0.6) is 0 Å². The van der Waals surface area contributed by atoms with Crippen molar-refractivity contribution in [3.8, 4) is 0 Å². The Morgan fingerprint density at radius 2 is 2.04 bits per heavy atom. The molecule has 0 saturated heterocycles. The predicted octanol–water partition coefficient (Wildman–Crippen LogP) is 3.89. The number of hydrogen-bond acceptors (Lipinski definition) is 4. The van der Waals surface area contributed by atoms with Crippen molar-refractivity contribution in [1.82, 2.24) is 9.97 Å². The summed E-state index contributed by atoms with van der Waals surface area (Å²) in [4.78, 5) is 23.8. The highest BCUT2D eigenvalue weighted by Gasteiger charge is 2.22. The average Bonchev–Trinajstić information content (AvgIpc) is 3.17. The molecule has 1 saturated carbocycles. The molecule has 2 aromatic rings. The van der Waals surface area contributed by atoms with E-state index in [-0.39, 0.29) is 0 Å². The molecule has 0 atom stereocenters. The van der Waals surface area contributed by atoms with Crippen molar-refractivity contribution in [2.24, 2.45) is 0 Å². The van der Waals surface area contributed by atoms with E-state index in [2.05, 4.69) is 20.9 Å². The number of rotatable bonds is 7. The van der Waals surface area contributed by atoms with Crippen molar-refractivity contribution in [2.45, 2.75) is 31.6 Å². The summed E-state index contributed by atoms with van der Waals surface area (Å²) in [5, 5.41) is 0.465. The predicted molar refractivity (Wildman–Crippen MR) is 101 cm³/mol. The van der Waals surface area contributed by atoms with E-state index in [1.165, 1.54) is 31.2 Å². The Hall–Kier alpha value is -2.14. The third-order valence-electron chi connectivity index (χ3n) is 4.89. The van der Waals surface area contributed by atoms with Gasteiger partial charge in [-0.3, -0.25) is 9.78 Å². The van der Waals surface area contributed by atoms with Crippen LogP contribution >= 0.6 is 11.6 Å². The van der Waals surface area contributed by atoms with Crippen molar-refractivity contribution in [1.29, 1.82) is 0 Å². The van der Waals surface area contributed by atoms with Crippen LogP contribution in [0.4, 0.5) is 11.4 Å². The molecule has 0 aliphatic heterocycles. The van der Waals surface area contributed by atoms with Crippen LogP contribution in [0.3, 0.4) is 0 Å². The standard InChI is InChI=1S/C19H23ClN4O/c1-23(16-6-9-22-19(20)12-16)10-11-24(14-25)18-13-21-8-7-17(18)15-4-2-3-5-15/h6-9,12-15H,2-5,10-11H2,1H3. The van der Waals surface area contributed by atoms with E-state index in [1.54, 1.807) is 11.1 Å². The highest BCUT2D eigenvalue weighted by molar-refractivity contribution is 6.29. The van der Waals surface area contributed by atoms with E-state index in [0.29, 0.717) is 24.2 Å². The first-order chi connectivity index (χ1) is 12.2. The molecule has 0 unspecified atom stereocenters. The van der Waals surface area contributed by atoms with Gasteiger partial charge in [-0.1, -0.05) is 24.4 Å². The van der Waals surface area contributed by atoms with Crippen molar-refractivity contribution in [2.75, 3.05) is 29.9 Å². The number of aromatic nitrogens is 2. The molecule has 5 nitrogen and oxygen atoms in total. The van der Waals surface area contributed by atoms with Crippen LogP contribution in [-0.4, -0.2) is 36.5 Å². The largest absolute Gasteiger partial charge is 0.373 e. The lowest BCUT2D eigenvalue weighted by molar-refractivity contribution is -0.107. The third-order valence-corrected chi connectivity index (χ3v) is 5.10. The van der Waals surface area contributed by atoms with E-state index in [9.17, 15) is 4.79 Å². The molecule has 3 rings (SSSR count). The molecule has 0 bridgehead atoms. The monoisotopic (exact) mass is 358 g/mol. The van der Waals surface area contributed by atoms with Crippen LogP contribution in [0, 0.1) is 0 Å². The molecule has 1 aliphatic carbocycles. The van der Waals surface area contributed by atoms with E-state index in [4.69, 9.17) is 11.6 Å². The maximum Gasteiger partial charge on any atom is 0.214 e. The molecule has 2 aromatic heterocycles. The lowest BCUT2D eigenvalue weighted by Gasteiger charge is -2.26. The summed E-state index contributed by atoms with van der Waals surface area (Å²) in [6.45, 7) is 1.28. The minimum Gasteiger partial charge on any atom is -0.373 e. The van der Waals surface area contributed by atoms with Gasteiger partial charge in [0.05, 0.1) is 11.9 Å². The van der Waals surface area contributed by atoms with Crippen molar-refractivity contribution in [3.63, 3.8) is 0 Å². The van der Waals surface area contributed by atoms with Crippen molar-refractivity contribution in [3.05, 3.63) is 47.5 Å². The van der Waals surface area contributed by atoms with E-state index in [1.807, 2.05) is 31.6 Å². The highest BCUT2D eigenvalue weighted by atomic mass is 35.5. The summed E-state index contributed by atoms with van der Waals surface area (Å²) in [5.74, 6) is 0.539. The van der Waals surface area contributed by atoms with Gasteiger partial charge in [-0.25, -0.2) is 4.98 Å². The molecule has 1 amide bonds. The number of likely N-dealkylation sites (N-methyl/N-ethyl adjacent to an activating group) is 1. The Morgan fingerprint density at radius 1 is 1.24 bits per heavy atom. The summed E-state index contributed by atoms with van der Waals surface area (Å²) < 4.78 is 0. The lowest BCUT2D eigenvalue weighted by Crippen LogP contribution is -2.33. The normalized spacial score (nSPS) is 14.5. The molecular weight excluding hydrogens is 336 g/mol. The quantitative estimate of drug-likeness (QED) is 0.556. The lowest BCUT2D eigenvalue weighted by atomic mass is 9.97. The summed E-state index contributed by atoms with van der Waals surface area (Å²) in [7, 11) is 1.98. The van der Waals surface area contributed by atoms with Crippen LogP contribution < -0.4 is 9.80 Å². The molecule has 25 heavy (non-hydrogen) atoms. The van der Waals surface area contributed by atoms with Gasteiger partial charge in [0.1, 0.15) is 5.15 Å². The van der Waals surface area contributed by atoms with Gasteiger partial charge in [-0.2, -0.15) is 0 Å². The van der Waals surface area contributed by atoms with Gasteiger partial charge >= 0.3 is 0 Å². The van der Waals surface area contributed by atoms with Crippen LogP contribution in [0.15, 0.2) is 36.8 Å². The smallest absolute Gasteiger partial charge is 0.214 e. The number of carbonyl (C=O) groups excluding carboxylic acids is 1. The number of hydrogen-bond donors (Lipinski definition) is 0. The summed E-state index contributed by atoms with van der Waals surface area (Å²) >= 11 is 5.96. The number of amides is 1. The maximum absolute atomic E-state index is 11.7. The first-order valence-electron chi connectivity index (χ1n) is 8.67. The van der Waals surface area contributed by atoms with Gasteiger partial charge in [0, 0.05) is 38.2 Å². The molecule has 1 fully saturated rings. The Bertz CT molecular complexity index is 718. The molecule has 2 heterocycles.